The lowest BCUT2D eigenvalue weighted by molar-refractivity contribution is -0.145. The molecule has 1 atom stereocenters. The molecule has 6 nitrogen and oxygen atoms in total. The van der Waals surface area contributed by atoms with Crippen LogP contribution in [0.25, 0.3) is 0 Å². The number of nitrogens with zero attached hydrogens (tertiary/aromatic N) is 1. The standard InChI is InChI=1S/C15H26N2O4/c1-21-11-12-6-9-17(10-12)14(20)16-15(13(18)19)7-4-2-3-5-8-15/h12H,2-11H2,1H3,(H,16,20)(H,18,19). The van der Waals surface area contributed by atoms with Gasteiger partial charge in [0, 0.05) is 26.1 Å². The second-order valence-electron chi connectivity index (χ2n) is 6.29. The minimum Gasteiger partial charge on any atom is -0.480 e. The summed E-state index contributed by atoms with van der Waals surface area (Å²) < 4.78 is 5.13. The molecule has 0 aromatic carbocycles. The zero-order valence-corrected chi connectivity index (χ0v) is 12.8. The van der Waals surface area contributed by atoms with Crippen molar-refractivity contribution in [2.24, 2.45) is 5.92 Å². The van der Waals surface area contributed by atoms with Gasteiger partial charge in [0.1, 0.15) is 5.54 Å². The number of carbonyl (C=O) groups excluding carboxylic acids is 1. The van der Waals surface area contributed by atoms with E-state index in [0.717, 1.165) is 32.1 Å². The molecular formula is C15H26N2O4. The molecule has 0 aromatic heterocycles. The lowest BCUT2D eigenvalue weighted by atomic mass is 9.90. The van der Waals surface area contributed by atoms with Crippen molar-refractivity contribution in [1.82, 2.24) is 10.2 Å². The second kappa shape index (κ2) is 7.11. The monoisotopic (exact) mass is 298 g/mol. The smallest absolute Gasteiger partial charge is 0.329 e. The molecular weight excluding hydrogens is 272 g/mol. The minimum atomic E-state index is -1.08. The molecule has 21 heavy (non-hydrogen) atoms. The van der Waals surface area contributed by atoms with Crippen LogP contribution in [0.15, 0.2) is 0 Å². The molecule has 1 saturated heterocycles. The summed E-state index contributed by atoms with van der Waals surface area (Å²) >= 11 is 0. The predicted molar refractivity (Wildman–Crippen MR) is 78.2 cm³/mol. The number of rotatable bonds is 4. The fourth-order valence-corrected chi connectivity index (χ4v) is 3.40. The fraction of sp³-hybridized carbons (Fsp3) is 0.867. The van der Waals surface area contributed by atoms with Crippen LogP contribution in [0.4, 0.5) is 4.79 Å². The first kappa shape index (κ1) is 16.1. The van der Waals surface area contributed by atoms with Gasteiger partial charge in [0.25, 0.3) is 0 Å². The maximum Gasteiger partial charge on any atom is 0.329 e. The third kappa shape index (κ3) is 3.87. The third-order valence-corrected chi connectivity index (χ3v) is 4.69. The highest BCUT2D eigenvalue weighted by Gasteiger charge is 2.41. The Labute approximate surface area is 125 Å². The molecule has 0 radical (unpaired) electrons. The molecule has 2 amide bonds. The van der Waals surface area contributed by atoms with Gasteiger partial charge in [-0.1, -0.05) is 25.7 Å². The molecule has 0 aromatic rings. The van der Waals surface area contributed by atoms with Crippen molar-refractivity contribution in [3.63, 3.8) is 0 Å². The molecule has 2 rings (SSSR count). The summed E-state index contributed by atoms with van der Waals surface area (Å²) in [6, 6.07) is -0.238. The Kier molecular flexibility index (Phi) is 5.45. The van der Waals surface area contributed by atoms with E-state index in [-0.39, 0.29) is 6.03 Å². The highest BCUT2D eigenvalue weighted by Crippen LogP contribution is 2.28. The fourth-order valence-electron chi connectivity index (χ4n) is 3.40. The van der Waals surface area contributed by atoms with Gasteiger partial charge in [0.15, 0.2) is 0 Å². The van der Waals surface area contributed by atoms with Crippen molar-refractivity contribution in [1.29, 1.82) is 0 Å². The predicted octanol–water partition coefficient (Wildman–Crippen LogP) is 1.84. The van der Waals surface area contributed by atoms with Crippen LogP contribution in [0.2, 0.25) is 0 Å². The van der Waals surface area contributed by atoms with Gasteiger partial charge in [-0.05, 0) is 19.3 Å². The van der Waals surface area contributed by atoms with Gasteiger partial charge in [0.2, 0.25) is 0 Å². The largest absolute Gasteiger partial charge is 0.480 e. The van der Waals surface area contributed by atoms with Crippen LogP contribution in [0, 0.1) is 5.92 Å². The number of carboxylic acids is 1. The number of hydrogen-bond acceptors (Lipinski definition) is 3. The minimum absolute atomic E-state index is 0.238. The molecule has 1 heterocycles. The van der Waals surface area contributed by atoms with Crippen LogP contribution in [0.5, 0.6) is 0 Å². The highest BCUT2D eigenvalue weighted by atomic mass is 16.5. The van der Waals surface area contributed by atoms with Gasteiger partial charge < -0.3 is 20.1 Å². The SMILES string of the molecule is COCC1CCN(C(=O)NC2(C(=O)O)CCCCCC2)C1. The Morgan fingerprint density at radius 3 is 2.52 bits per heavy atom. The molecule has 2 fully saturated rings. The van der Waals surface area contributed by atoms with E-state index in [0.29, 0.717) is 38.5 Å². The molecule has 6 heteroatoms. The van der Waals surface area contributed by atoms with Crippen LogP contribution in [0.3, 0.4) is 0 Å². The van der Waals surface area contributed by atoms with Crippen LogP contribution < -0.4 is 5.32 Å². The van der Waals surface area contributed by atoms with E-state index < -0.39 is 11.5 Å². The number of hydrogen-bond donors (Lipinski definition) is 2. The summed E-state index contributed by atoms with van der Waals surface area (Å²) in [5.41, 5.74) is -1.08. The number of carboxylic acid groups (broad SMARTS) is 1. The average Bonchev–Trinajstić information content (AvgIpc) is 2.78. The summed E-state index contributed by atoms with van der Waals surface area (Å²) in [5.74, 6) is -0.541. The first-order chi connectivity index (χ1) is 10.1. The zero-order chi connectivity index (χ0) is 15.3. The molecule has 2 aliphatic rings. The lowest BCUT2D eigenvalue weighted by Gasteiger charge is -2.31. The van der Waals surface area contributed by atoms with Gasteiger partial charge >= 0.3 is 12.0 Å². The molecule has 0 spiro atoms. The van der Waals surface area contributed by atoms with E-state index >= 15 is 0 Å². The summed E-state index contributed by atoms with van der Waals surface area (Å²) in [7, 11) is 1.66. The Bertz CT molecular complexity index is 378. The van der Waals surface area contributed by atoms with E-state index in [1.807, 2.05) is 0 Å². The zero-order valence-electron chi connectivity index (χ0n) is 12.8. The van der Waals surface area contributed by atoms with Crippen LogP contribution in [-0.4, -0.2) is 54.4 Å². The molecule has 1 unspecified atom stereocenters. The van der Waals surface area contributed by atoms with Crippen molar-refractivity contribution in [2.75, 3.05) is 26.8 Å². The van der Waals surface area contributed by atoms with Crippen molar-refractivity contribution >= 4 is 12.0 Å². The number of ether oxygens (including phenoxy) is 1. The summed E-state index contributed by atoms with van der Waals surface area (Å²) in [6.07, 6.45) is 5.79. The van der Waals surface area contributed by atoms with Crippen LogP contribution >= 0.6 is 0 Å². The molecule has 0 bridgehead atoms. The quantitative estimate of drug-likeness (QED) is 0.776. The van der Waals surface area contributed by atoms with E-state index in [9.17, 15) is 14.7 Å². The summed E-state index contributed by atoms with van der Waals surface area (Å²) in [6.45, 7) is 1.97. The Balaban J connectivity index is 1.97. The van der Waals surface area contributed by atoms with Gasteiger partial charge in [-0.2, -0.15) is 0 Å². The van der Waals surface area contributed by atoms with E-state index in [1.54, 1.807) is 12.0 Å². The Hall–Kier alpha value is -1.30. The van der Waals surface area contributed by atoms with Gasteiger partial charge in [-0.25, -0.2) is 9.59 Å². The normalized spacial score (nSPS) is 25.4. The first-order valence-electron chi connectivity index (χ1n) is 7.87. The van der Waals surface area contributed by atoms with E-state index in [2.05, 4.69) is 5.32 Å². The Morgan fingerprint density at radius 1 is 1.29 bits per heavy atom. The van der Waals surface area contributed by atoms with Crippen LogP contribution in [-0.2, 0) is 9.53 Å². The summed E-state index contributed by atoms with van der Waals surface area (Å²) in [5, 5.41) is 12.4. The number of methoxy groups -OCH3 is 1. The van der Waals surface area contributed by atoms with Crippen molar-refractivity contribution < 1.29 is 19.4 Å². The van der Waals surface area contributed by atoms with Crippen molar-refractivity contribution in [3.05, 3.63) is 0 Å². The van der Waals surface area contributed by atoms with Crippen molar-refractivity contribution in [3.8, 4) is 0 Å². The number of likely N-dealkylation sites (tertiary alicyclic amines) is 1. The second-order valence-corrected chi connectivity index (χ2v) is 6.29. The maximum atomic E-state index is 12.4. The summed E-state index contributed by atoms with van der Waals surface area (Å²) in [4.78, 5) is 25.8. The number of urea groups is 1. The van der Waals surface area contributed by atoms with Gasteiger partial charge in [-0.15, -0.1) is 0 Å². The Morgan fingerprint density at radius 2 is 1.95 bits per heavy atom. The number of amides is 2. The number of nitrogens with one attached hydrogen (secondary N) is 1. The topological polar surface area (TPSA) is 78.9 Å². The highest BCUT2D eigenvalue weighted by molar-refractivity contribution is 5.86. The van der Waals surface area contributed by atoms with Crippen molar-refractivity contribution in [2.45, 2.75) is 50.5 Å². The molecule has 1 aliphatic heterocycles. The molecule has 1 saturated carbocycles. The number of aliphatic carboxylic acids is 1. The van der Waals surface area contributed by atoms with Crippen LogP contribution in [0.1, 0.15) is 44.9 Å². The molecule has 120 valence electrons. The van der Waals surface area contributed by atoms with E-state index in [1.165, 1.54) is 0 Å². The number of carbonyl (C=O) groups is 2. The maximum absolute atomic E-state index is 12.4. The first-order valence-corrected chi connectivity index (χ1v) is 7.87. The van der Waals surface area contributed by atoms with E-state index in [4.69, 9.17) is 4.74 Å². The average molecular weight is 298 g/mol. The molecule has 2 N–H and O–H groups in total. The third-order valence-electron chi connectivity index (χ3n) is 4.69. The molecule has 1 aliphatic carbocycles. The van der Waals surface area contributed by atoms with Gasteiger partial charge in [-0.3, -0.25) is 0 Å². The van der Waals surface area contributed by atoms with Gasteiger partial charge in [0.05, 0.1) is 6.61 Å². The lowest BCUT2D eigenvalue weighted by Crippen LogP contribution is -2.57.